The standard InChI is InChI=1S/C22H25N7O2/c1-4-18-19(5-2)29-21(25-26-27-29)20(24-18)23-17-8-6-16(7-9-17)22(31)28-12-10-15(11-13-28)14(3)30/h4-9,15H,10-13H2,1-3H3,(H,23,24). The molecular formula is C22H25N7O2. The largest absolute Gasteiger partial charge is 0.339 e. The Morgan fingerprint density at radius 3 is 2.42 bits per heavy atom. The molecule has 0 radical (unpaired) electrons. The number of anilines is 2. The summed E-state index contributed by atoms with van der Waals surface area (Å²) < 4.78 is 1.65. The van der Waals surface area contributed by atoms with Crippen LogP contribution in [0.2, 0.25) is 0 Å². The Balaban J connectivity index is 1.53. The van der Waals surface area contributed by atoms with Crippen molar-refractivity contribution in [1.29, 1.82) is 0 Å². The zero-order valence-electron chi connectivity index (χ0n) is 17.9. The average Bonchev–Trinajstić information content (AvgIpc) is 3.29. The molecule has 160 valence electrons. The van der Waals surface area contributed by atoms with Crippen LogP contribution in [0.1, 0.15) is 44.0 Å². The van der Waals surface area contributed by atoms with Gasteiger partial charge in [-0.15, -0.1) is 5.10 Å². The third-order valence-corrected chi connectivity index (χ3v) is 5.70. The number of carbonyl (C=O) groups is 2. The number of fused-ring (bicyclic) bond motifs is 1. The maximum Gasteiger partial charge on any atom is 0.253 e. The number of tetrazole rings is 1. The van der Waals surface area contributed by atoms with E-state index in [0.717, 1.165) is 29.2 Å². The fourth-order valence-corrected chi connectivity index (χ4v) is 3.90. The van der Waals surface area contributed by atoms with Crippen molar-refractivity contribution >= 4 is 41.0 Å². The lowest BCUT2D eigenvalue weighted by atomic mass is 9.93. The molecule has 1 amide bonds. The Hall–Kier alpha value is -3.62. The minimum Gasteiger partial charge on any atom is -0.339 e. The van der Waals surface area contributed by atoms with E-state index in [1.807, 2.05) is 43.0 Å². The molecule has 1 aliphatic rings. The van der Waals surface area contributed by atoms with E-state index in [1.165, 1.54) is 0 Å². The van der Waals surface area contributed by atoms with E-state index in [1.54, 1.807) is 23.6 Å². The predicted molar refractivity (Wildman–Crippen MR) is 117 cm³/mol. The van der Waals surface area contributed by atoms with E-state index < -0.39 is 0 Å². The molecule has 3 aromatic rings. The van der Waals surface area contributed by atoms with Gasteiger partial charge in [0.2, 0.25) is 5.65 Å². The molecule has 3 heterocycles. The first-order valence-corrected chi connectivity index (χ1v) is 10.4. The lowest BCUT2D eigenvalue weighted by molar-refractivity contribution is -0.121. The van der Waals surface area contributed by atoms with Crippen LogP contribution >= 0.6 is 0 Å². The molecule has 31 heavy (non-hydrogen) atoms. The minimum atomic E-state index is -0.0126. The highest BCUT2D eigenvalue weighted by Gasteiger charge is 2.25. The molecule has 1 saturated heterocycles. The second-order valence-electron chi connectivity index (χ2n) is 7.60. The van der Waals surface area contributed by atoms with E-state index in [-0.39, 0.29) is 17.6 Å². The Kier molecular flexibility index (Phi) is 5.75. The third-order valence-electron chi connectivity index (χ3n) is 5.70. The highest BCUT2D eigenvalue weighted by Crippen LogP contribution is 2.21. The quantitative estimate of drug-likeness (QED) is 0.680. The van der Waals surface area contributed by atoms with Crippen molar-refractivity contribution in [3.05, 3.63) is 40.5 Å². The summed E-state index contributed by atoms with van der Waals surface area (Å²) in [5.74, 6) is 0.811. The lowest BCUT2D eigenvalue weighted by Crippen LogP contribution is -2.39. The predicted octanol–water partition coefficient (Wildman–Crippen LogP) is 1.30. The molecular weight excluding hydrogens is 394 g/mol. The van der Waals surface area contributed by atoms with Gasteiger partial charge in [-0.25, -0.2) is 4.98 Å². The monoisotopic (exact) mass is 419 g/mol. The smallest absolute Gasteiger partial charge is 0.253 e. The van der Waals surface area contributed by atoms with Crippen molar-refractivity contribution in [2.45, 2.75) is 33.6 Å². The molecule has 0 spiro atoms. The van der Waals surface area contributed by atoms with E-state index in [0.29, 0.717) is 30.1 Å². The average molecular weight is 419 g/mol. The summed E-state index contributed by atoms with van der Waals surface area (Å²) in [5, 5.41) is 16.8. The molecule has 4 rings (SSSR count). The minimum absolute atomic E-state index is 0.0126. The van der Waals surface area contributed by atoms with Gasteiger partial charge in [0.05, 0.1) is 10.7 Å². The number of ketones is 1. The summed E-state index contributed by atoms with van der Waals surface area (Å²) in [6.45, 7) is 6.68. The van der Waals surface area contributed by atoms with Crippen molar-refractivity contribution in [2.75, 3.05) is 18.4 Å². The maximum atomic E-state index is 12.8. The number of nitrogens with one attached hydrogen (secondary N) is 1. The molecule has 1 fully saturated rings. The first-order chi connectivity index (χ1) is 15.0. The number of carbonyl (C=O) groups excluding carboxylic acids is 2. The van der Waals surface area contributed by atoms with Crippen LogP contribution in [-0.2, 0) is 4.79 Å². The number of hydrogen-bond acceptors (Lipinski definition) is 7. The first kappa shape index (κ1) is 20.6. The van der Waals surface area contributed by atoms with Gasteiger partial charge in [0, 0.05) is 30.3 Å². The number of aromatic nitrogens is 5. The Bertz CT molecular complexity index is 1240. The van der Waals surface area contributed by atoms with Crippen molar-refractivity contribution < 1.29 is 9.59 Å². The zero-order chi connectivity index (χ0) is 22.0. The van der Waals surface area contributed by atoms with Crippen LogP contribution in [0.15, 0.2) is 24.3 Å². The van der Waals surface area contributed by atoms with Crippen LogP contribution in [0.3, 0.4) is 0 Å². The van der Waals surface area contributed by atoms with Crippen molar-refractivity contribution in [3.8, 4) is 0 Å². The molecule has 9 heteroatoms. The molecule has 1 aromatic carbocycles. The van der Waals surface area contributed by atoms with Gasteiger partial charge in [0.1, 0.15) is 5.78 Å². The molecule has 0 aliphatic carbocycles. The van der Waals surface area contributed by atoms with Gasteiger partial charge in [-0.2, -0.15) is 4.52 Å². The van der Waals surface area contributed by atoms with Crippen LogP contribution < -0.4 is 16.0 Å². The molecule has 1 aliphatic heterocycles. The van der Waals surface area contributed by atoms with Crippen molar-refractivity contribution in [3.63, 3.8) is 0 Å². The normalized spacial score (nSPS) is 16.2. The zero-order valence-corrected chi connectivity index (χ0v) is 17.9. The van der Waals surface area contributed by atoms with Gasteiger partial charge in [-0.1, -0.05) is 12.2 Å². The fraction of sp³-hybridized carbons (Fsp3) is 0.364. The Morgan fingerprint density at radius 1 is 1.10 bits per heavy atom. The molecule has 0 atom stereocenters. The number of piperidine rings is 1. The summed E-state index contributed by atoms with van der Waals surface area (Å²) in [7, 11) is 0. The molecule has 0 saturated carbocycles. The fourth-order valence-electron chi connectivity index (χ4n) is 3.90. The van der Waals surface area contributed by atoms with E-state index >= 15 is 0 Å². The number of hydrogen-bond donors (Lipinski definition) is 1. The highest BCUT2D eigenvalue weighted by molar-refractivity contribution is 5.95. The van der Waals surface area contributed by atoms with Gasteiger partial charge in [0.25, 0.3) is 5.91 Å². The van der Waals surface area contributed by atoms with E-state index in [9.17, 15) is 9.59 Å². The van der Waals surface area contributed by atoms with Crippen LogP contribution in [0, 0.1) is 5.92 Å². The summed E-state index contributed by atoms with van der Waals surface area (Å²) in [6, 6.07) is 7.27. The Labute approximate surface area is 179 Å². The lowest BCUT2D eigenvalue weighted by Gasteiger charge is -2.31. The highest BCUT2D eigenvalue weighted by atomic mass is 16.2. The number of Topliss-reactive ketones (excluding diaryl/α,β-unsaturated/α-hetero) is 1. The van der Waals surface area contributed by atoms with Crippen molar-refractivity contribution in [1.82, 2.24) is 29.9 Å². The number of rotatable bonds is 4. The van der Waals surface area contributed by atoms with E-state index in [2.05, 4.69) is 25.8 Å². The van der Waals surface area contributed by atoms with Gasteiger partial charge in [0.15, 0.2) is 5.82 Å². The van der Waals surface area contributed by atoms with Gasteiger partial charge in [-0.05, 0) is 68.3 Å². The summed E-state index contributed by atoms with van der Waals surface area (Å²) in [5.41, 5.74) is 1.92. The summed E-state index contributed by atoms with van der Waals surface area (Å²) in [4.78, 5) is 30.8. The summed E-state index contributed by atoms with van der Waals surface area (Å²) >= 11 is 0. The molecule has 0 unspecified atom stereocenters. The molecule has 0 bridgehead atoms. The number of nitrogens with zero attached hydrogens (tertiary/aromatic N) is 6. The topological polar surface area (TPSA) is 105 Å². The van der Waals surface area contributed by atoms with Crippen LogP contribution in [0.5, 0.6) is 0 Å². The van der Waals surface area contributed by atoms with E-state index in [4.69, 9.17) is 0 Å². The van der Waals surface area contributed by atoms with Gasteiger partial charge >= 0.3 is 0 Å². The van der Waals surface area contributed by atoms with Crippen molar-refractivity contribution in [2.24, 2.45) is 5.92 Å². The summed E-state index contributed by atoms with van der Waals surface area (Å²) in [6.07, 6.45) is 5.28. The van der Waals surface area contributed by atoms with Crippen LogP contribution in [-0.4, -0.2) is 54.7 Å². The van der Waals surface area contributed by atoms with Gasteiger partial charge in [-0.3, -0.25) is 9.59 Å². The van der Waals surface area contributed by atoms with Crippen LogP contribution in [0.4, 0.5) is 11.5 Å². The Morgan fingerprint density at radius 2 is 1.81 bits per heavy atom. The van der Waals surface area contributed by atoms with Crippen LogP contribution in [0.25, 0.3) is 17.8 Å². The molecule has 9 nitrogen and oxygen atoms in total. The number of likely N-dealkylation sites (tertiary alicyclic amines) is 1. The number of amides is 1. The first-order valence-electron chi connectivity index (χ1n) is 10.4. The molecule has 1 N–H and O–H groups in total. The second kappa shape index (κ2) is 8.63. The number of benzene rings is 1. The van der Waals surface area contributed by atoms with Gasteiger partial charge < -0.3 is 10.2 Å². The third kappa shape index (κ3) is 4.03. The maximum absolute atomic E-state index is 12.8. The molecule has 2 aromatic heterocycles. The SMILES string of the molecule is CC=c1nc(Nc2ccc(C(=O)N3CCC(C(C)=O)CC3)cc2)c2nnnn2c1=CC. The second-order valence-corrected chi connectivity index (χ2v) is 7.60.